The first-order chi connectivity index (χ1) is 13.7. The van der Waals surface area contributed by atoms with Crippen molar-refractivity contribution in [3.8, 4) is 5.75 Å². The minimum Gasteiger partial charge on any atom is -0.496 e. The molecule has 28 heavy (non-hydrogen) atoms. The number of rotatable bonds is 6. The molecule has 0 aliphatic carbocycles. The number of nitrogens with zero attached hydrogens (tertiary/aromatic N) is 3. The van der Waals surface area contributed by atoms with Crippen LogP contribution in [0.5, 0.6) is 5.75 Å². The van der Waals surface area contributed by atoms with Gasteiger partial charge in [0.1, 0.15) is 11.6 Å². The van der Waals surface area contributed by atoms with Crippen LogP contribution in [0, 0.1) is 6.92 Å². The lowest BCUT2D eigenvalue weighted by atomic mass is 10.0. The summed E-state index contributed by atoms with van der Waals surface area (Å²) in [6.45, 7) is 5.90. The van der Waals surface area contributed by atoms with E-state index < -0.39 is 0 Å². The number of aromatic nitrogens is 2. The molecule has 0 saturated carbocycles. The number of para-hydroxylation sites is 1. The highest BCUT2D eigenvalue weighted by Crippen LogP contribution is 2.33. The standard InChI is InChI=1S/C21H28N4O3/c1-16-15-19(25-11-8-21(9-12-25)27-13-14-28-21)24-20(23-16)22-10-7-17-5-3-4-6-18(17)26-2/h3-6,15H,7-14H2,1-2H3,(H,22,23,24). The number of piperidine rings is 1. The lowest BCUT2D eigenvalue weighted by molar-refractivity contribution is -0.169. The number of methoxy groups -OCH3 is 1. The molecule has 1 aromatic heterocycles. The van der Waals surface area contributed by atoms with Gasteiger partial charge in [0.25, 0.3) is 0 Å². The molecule has 150 valence electrons. The van der Waals surface area contributed by atoms with E-state index in [0.29, 0.717) is 19.2 Å². The fourth-order valence-electron chi connectivity index (χ4n) is 3.87. The second kappa shape index (κ2) is 8.32. The van der Waals surface area contributed by atoms with Crippen LogP contribution in [-0.4, -0.2) is 55.7 Å². The van der Waals surface area contributed by atoms with E-state index in [1.54, 1.807) is 7.11 Å². The van der Waals surface area contributed by atoms with E-state index in [2.05, 4.69) is 21.3 Å². The monoisotopic (exact) mass is 384 g/mol. The third kappa shape index (κ3) is 4.20. The molecule has 1 N–H and O–H groups in total. The van der Waals surface area contributed by atoms with Gasteiger partial charge < -0.3 is 24.4 Å². The zero-order chi connectivity index (χ0) is 19.4. The molecule has 3 heterocycles. The summed E-state index contributed by atoms with van der Waals surface area (Å²) in [5.74, 6) is 2.17. The Morgan fingerprint density at radius 1 is 1.14 bits per heavy atom. The summed E-state index contributed by atoms with van der Waals surface area (Å²) >= 11 is 0. The molecule has 0 radical (unpaired) electrons. The number of nitrogens with one attached hydrogen (secondary N) is 1. The van der Waals surface area contributed by atoms with Gasteiger partial charge in [-0.2, -0.15) is 4.98 Å². The molecule has 2 aliphatic heterocycles. The first-order valence-electron chi connectivity index (χ1n) is 9.92. The molecular formula is C21H28N4O3. The van der Waals surface area contributed by atoms with Gasteiger partial charge in [-0.1, -0.05) is 18.2 Å². The second-order valence-corrected chi connectivity index (χ2v) is 7.27. The molecule has 2 fully saturated rings. The van der Waals surface area contributed by atoms with Crippen LogP contribution < -0.4 is 15.0 Å². The van der Waals surface area contributed by atoms with Gasteiger partial charge in [-0.05, 0) is 25.0 Å². The molecule has 4 rings (SSSR count). The number of hydrogen-bond acceptors (Lipinski definition) is 7. The topological polar surface area (TPSA) is 68.7 Å². The summed E-state index contributed by atoms with van der Waals surface area (Å²) in [4.78, 5) is 11.6. The third-order valence-corrected chi connectivity index (χ3v) is 5.37. The van der Waals surface area contributed by atoms with Crippen LogP contribution in [0.2, 0.25) is 0 Å². The van der Waals surface area contributed by atoms with Gasteiger partial charge in [-0.25, -0.2) is 4.98 Å². The summed E-state index contributed by atoms with van der Waals surface area (Å²) in [5, 5.41) is 3.36. The Kier molecular flexibility index (Phi) is 5.64. The van der Waals surface area contributed by atoms with E-state index in [1.807, 2.05) is 31.2 Å². The molecule has 0 atom stereocenters. The lowest BCUT2D eigenvalue weighted by Gasteiger charge is -2.38. The Hall–Kier alpha value is -2.38. The van der Waals surface area contributed by atoms with E-state index in [4.69, 9.17) is 19.2 Å². The Balaban J connectivity index is 1.37. The van der Waals surface area contributed by atoms with Crippen molar-refractivity contribution in [3.05, 3.63) is 41.6 Å². The zero-order valence-electron chi connectivity index (χ0n) is 16.6. The first-order valence-corrected chi connectivity index (χ1v) is 9.92. The summed E-state index contributed by atoms with van der Waals surface area (Å²) in [6, 6.07) is 10.1. The Morgan fingerprint density at radius 3 is 2.64 bits per heavy atom. The zero-order valence-corrected chi connectivity index (χ0v) is 16.6. The number of anilines is 2. The molecule has 2 saturated heterocycles. The van der Waals surface area contributed by atoms with Gasteiger partial charge in [-0.15, -0.1) is 0 Å². The largest absolute Gasteiger partial charge is 0.496 e. The number of benzene rings is 1. The van der Waals surface area contributed by atoms with Crippen molar-refractivity contribution in [3.63, 3.8) is 0 Å². The van der Waals surface area contributed by atoms with Gasteiger partial charge in [-0.3, -0.25) is 0 Å². The van der Waals surface area contributed by atoms with Crippen molar-refractivity contribution in [1.82, 2.24) is 9.97 Å². The molecule has 1 aromatic carbocycles. The average molecular weight is 384 g/mol. The van der Waals surface area contributed by atoms with Crippen molar-refractivity contribution >= 4 is 11.8 Å². The van der Waals surface area contributed by atoms with Crippen molar-refractivity contribution in [1.29, 1.82) is 0 Å². The van der Waals surface area contributed by atoms with E-state index in [9.17, 15) is 0 Å². The maximum atomic E-state index is 5.82. The van der Waals surface area contributed by atoms with E-state index in [1.165, 1.54) is 5.56 Å². The summed E-state index contributed by atoms with van der Waals surface area (Å²) in [6.07, 6.45) is 2.58. The van der Waals surface area contributed by atoms with E-state index >= 15 is 0 Å². The normalized spacial score (nSPS) is 18.4. The Morgan fingerprint density at radius 2 is 1.89 bits per heavy atom. The molecule has 2 aromatic rings. The smallest absolute Gasteiger partial charge is 0.224 e. The fraction of sp³-hybridized carbons (Fsp3) is 0.524. The third-order valence-electron chi connectivity index (χ3n) is 5.37. The number of hydrogen-bond donors (Lipinski definition) is 1. The molecule has 0 bridgehead atoms. The summed E-state index contributed by atoms with van der Waals surface area (Å²) in [5.41, 5.74) is 2.13. The molecule has 0 unspecified atom stereocenters. The minimum atomic E-state index is -0.367. The van der Waals surface area contributed by atoms with Crippen LogP contribution in [0.25, 0.3) is 0 Å². The fourth-order valence-corrected chi connectivity index (χ4v) is 3.87. The molecule has 1 spiro atoms. The molecule has 0 amide bonds. The highest BCUT2D eigenvalue weighted by Gasteiger charge is 2.40. The van der Waals surface area contributed by atoms with Crippen LogP contribution in [0.15, 0.2) is 30.3 Å². The van der Waals surface area contributed by atoms with Crippen LogP contribution in [0.3, 0.4) is 0 Å². The Bertz CT molecular complexity index is 798. The number of ether oxygens (including phenoxy) is 3. The second-order valence-electron chi connectivity index (χ2n) is 7.27. The van der Waals surface area contributed by atoms with Crippen LogP contribution >= 0.6 is 0 Å². The van der Waals surface area contributed by atoms with Crippen LogP contribution in [0.1, 0.15) is 24.1 Å². The van der Waals surface area contributed by atoms with E-state index in [0.717, 1.165) is 56.2 Å². The predicted molar refractivity (Wildman–Crippen MR) is 108 cm³/mol. The Labute approximate surface area is 166 Å². The summed E-state index contributed by atoms with van der Waals surface area (Å²) in [7, 11) is 1.70. The van der Waals surface area contributed by atoms with Crippen molar-refractivity contribution < 1.29 is 14.2 Å². The van der Waals surface area contributed by atoms with Gasteiger partial charge >= 0.3 is 0 Å². The van der Waals surface area contributed by atoms with Gasteiger partial charge in [0.05, 0.1) is 20.3 Å². The lowest BCUT2D eigenvalue weighted by Crippen LogP contribution is -2.45. The van der Waals surface area contributed by atoms with Crippen molar-refractivity contribution in [2.75, 3.05) is 50.2 Å². The maximum absolute atomic E-state index is 5.82. The molecular weight excluding hydrogens is 356 g/mol. The van der Waals surface area contributed by atoms with Crippen molar-refractivity contribution in [2.45, 2.75) is 32.0 Å². The van der Waals surface area contributed by atoms with Crippen LogP contribution in [0.4, 0.5) is 11.8 Å². The van der Waals surface area contributed by atoms with Gasteiger partial charge in [0, 0.05) is 44.2 Å². The van der Waals surface area contributed by atoms with Crippen LogP contribution in [-0.2, 0) is 15.9 Å². The van der Waals surface area contributed by atoms with Gasteiger partial charge in [0.2, 0.25) is 5.95 Å². The first kappa shape index (κ1) is 19.0. The molecule has 7 heteroatoms. The van der Waals surface area contributed by atoms with Crippen molar-refractivity contribution in [2.24, 2.45) is 0 Å². The minimum absolute atomic E-state index is 0.367. The highest BCUT2D eigenvalue weighted by atomic mass is 16.7. The SMILES string of the molecule is COc1ccccc1CCNc1nc(C)cc(N2CCC3(CC2)OCCO3)n1. The molecule has 7 nitrogen and oxygen atoms in total. The van der Waals surface area contributed by atoms with E-state index in [-0.39, 0.29) is 5.79 Å². The molecule has 2 aliphatic rings. The quantitative estimate of drug-likeness (QED) is 0.821. The summed E-state index contributed by atoms with van der Waals surface area (Å²) < 4.78 is 17.1. The predicted octanol–water partition coefficient (Wildman–Crippen LogP) is 2.79. The van der Waals surface area contributed by atoms with Gasteiger partial charge in [0.15, 0.2) is 5.79 Å². The number of aryl methyl sites for hydroxylation is 1. The maximum Gasteiger partial charge on any atom is 0.224 e. The highest BCUT2D eigenvalue weighted by molar-refractivity contribution is 5.45. The average Bonchev–Trinajstić information content (AvgIpc) is 3.16.